The lowest BCUT2D eigenvalue weighted by atomic mass is 9.75. The Bertz CT molecular complexity index is 385. The van der Waals surface area contributed by atoms with E-state index in [0.29, 0.717) is 12.8 Å². The first-order chi connectivity index (χ1) is 8.77. The second-order valence-corrected chi connectivity index (χ2v) is 4.97. The van der Waals surface area contributed by atoms with Gasteiger partial charge in [-0.2, -0.15) is 13.2 Å². The predicted molar refractivity (Wildman–Crippen MR) is 58.4 cm³/mol. The molecule has 0 aromatic heterocycles. The minimum atomic E-state index is -4.86. The number of nitrogens with zero attached hydrogens (tertiary/aromatic N) is 2. The third-order valence-electron chi connectivity index (χ3n) is 3.99. The Kier molecular flexibility index (Phi) is 3.46. The highest BCUT2D eigenvalue weighted by atomic mass is 19.4. The van der Waals surface area contributed by atoms with Crippen molar-refractivity contribution in [3.8, 4) is 0 Å². The van der Waals surface area contributed by atoms with Crippen LogP contribution in [0.4, 0.5) is 13.2 Å². The number of carboxylic acid groups (broad SMARTS) is 1. The van der Waals surface area contributed by atoms with Crippen LogP contribution in [0.25, 0.3) is 0 Å². The Balaban J connectivity index is 1.96. The minimum absolute atomic E-state index is 0.0760. The number of carbonyl (C=O) groups is 2. The molecule has 0 bridgehead atoms. The van der Waals surface area contributed by atoms with Crippen molar-refractivity contribution in [3.05, 3.63) is 0 Å². The third kappa shape index (κ3) is 2.41. The summed E-state index contributed by atoms with van der Waals surface area (Å²) in [6.07, 6.45) is -3.00. The monoisotopic (exact) mass is 280 g/mol. The van der Waals surface area contributed by atoms with Gasteiger partial charge in [0.1, 0.15) is 5.54 Å². The molecule has 1 N–H and O–H groups in total. The highest BCUT2D eigenvalue weighted by molar-refractivity contribution is 5.82. The van der Waals surface area contributed by atoms with E-state index in [1.165, 1.54) is 0 Å². The summed E-state index contributed by atoms with van der Waals surface area (Å²) in [7, 11) is 0. The van der Waals surface area contributed by atoms with Gasteiger partial charge in [0.25, 0.3) is 0 Å². The van der Waals surface area contributed by atoms with Crippen molar-refractivity contribution in [2.24, 2.45) is 0 Å². The Labute approximate surface area is 108 Å². The number of hydrogen-bond donors (Lipinski definition) is 1. The molecule has 1 aliphatic carbocycles. The van der Waals surface area contributed by atoms with Crippen LogP contribution in [0, 0.1) is 0 Å². The first kappa shape index (κ1) is 14.1. The summed E-state index contributed by atoms with van der Waals surface area (Å²) in [4.78, 5) is 24.8. The van der Waals surface area contributed by atoms with E-state index >= 15 is 0 Å². The molecule has 0 aromatic rings. The zero-order valence-electron chi connectivity index (χ0n) is 10.2. The molecule has 1 amide bonds. The lowest BCUT2D eigenvalue weighted by Crippen LogP contribution is -2.65. The van der Waals surface area contributed by atoms with Gasteiger partial charge in [-0.3, -0.25) is 14.5 Å². The van der Waals surface area contributed by atoms with E-state index in [1.807, 2.05) is 0 Å². The fraction of sp³-hybridized carbons (Fsp3) is 0.818. The number of rotatable bonds is 2. The Morgan fingerprint density at radius 1 is 1.05 bits per heavy atom. The zero-order valence-corrected chi connectivity index (χ0v) is 10.2. The van der Waals surface area contributed by atoms with Gasteiger partial charge in [0.15, 0.2) is 0 Å². The number of carbonyl (C=O) groups excluding carboxylic acids is 1. The van der Waals surface area contributed by atoms with E-state index in [1.54, 1.807) is 4.90 Å². The maximum Gasteiger partial charge on any atom is 0.471 e. The van der Waals surface area contributed by atoms with E-state index in [-0.39, 0.29) is 26.2 Å². The van der Waals surface area contributed by atoms with Crippen molar-refractivity contribution in [1.29, 1.82) is 0 Å². The molecular formula is C11H15F3N2O3. The average molecular weight is 280 g/mol. The normalized spacial score (nSPS) is 23.8. The molecule has 1 saturated heterocycles. The SMILES string of the molecule is O=C(N1CCN(C2(C(=O)O)CCC2)CC1)C(F)(F)F. The van der Waals surface area contributed by atoms with E-state index < -0.39 is 23.6 Å². The molecule has 2 rings (SSSR count). The fourth-order valence-electron chi connectivity index (χ4n) is 2.69. The summed E-state index contributed by atoms with van der Waals surface area (Å²) in [5.41, 5.74) is -0.923. The molecule has 108 valence electrons. The summed E-state index contributed by atoms with van der Waals surface area (Å²) in [5.74, 6) is -2.76. The molecule has 0 spiro atoms. The molecule has 1 aliphatic heterocycles. The zero-order chi connectivity index (χ0) is 14.3. The number of aliphatic carboxylic acids is 1. The van der Waals surface area contributed by atoms with E-state index in [2.05, 4.69) is 0 Å². The van der Waals surface area contributed by atoms with E-state index in [0.717, 1.165) is 11.3 Å². The minimum Gasteiger partial charge on any atom is -0.480 e. The van der Waals surface area contributed by atoms with Gasteiger partial charge in [0, 0.05) is 26.2 Å². The van der Waals surface area contributed by atoms with Crippen LogP contribution in [0.1, 0.15) is 19.3 Å². The van der Waals surface area contributed by atoms with Gasteiger partial charge >= 0.3 is 18.1 Å². The Morgan fingerprint density at radius 2 is 1.58 bits per heavy atom. The number of piperazine rings is 1. The lowest BCUT2D eigenvalue weighted by molar-refractivity contribution is -0.189. The van der Waals surface area contributed by atoms with Crippen LogP contribution in [0.2, 0.25) is 0 Å². The quantitative estimate of drug-likeness (QED) is 0.809. The molecule has 19 heavy (non-hydrogen) atoms. The summed E-state index contributed by atoms with van der Waals surface area (Å²) in [6, 6.07) is 0. The van der Waals surface area contributed by atoms with Crippen molar-refractivity contribution in [2.45, 2.75) is 31.0 Å². The van der Waals surface area contributed by atoms with E-state index in [4.69, 9.17) is 0 Å². The largest absolute Gasteiger partial charge is 0.480 e. The van der Waals surface area contributed by atoms with Gasteiger partial charge in [0.2, 0.25) is 0 Å². The van der Waals surface area contributed by atoms with Crippen LogP contribution >= 0.6 is 0 Å². The molecule has 0 aromatic carbocycles. The molecule has 0 unspecified atom stereocenters. The number of hydrogen-bond acceptors (Lipinski definition) is 3. The molecular weight excluding hydrogens is 265 g/mol. The van der Waals surface area contributed by atoms with Crippen LogP contribution in [0.5, 0.6) is 0 Å². The molecule has 0 radical (unpaired) electrons. The van der Waals surface area contributed by atoms with Gasteiger partial charge in [-0.05, 0) is 19.3 Å². The van der Waals surface area contributed by atoms with Gasteiger partial charge in [-0.1, -0.05) is 0 Å². The number of carboxylic acids is 1. The Morgan fingerprint density at radius 3 is 1.89 bits per heavy atom. The molecule has 0 atom stereocenters. The first-order valence-corrected chi connectivity index (χ1v) is 6.12. The van der Waals surface area contributed by atoms with Crippen LogP contribution in [0.15, 0.2) is 0 Å². The molecule has 2 aliphatic rings. The van der Waals surface area contributed by atoms with Gasteiger partial charge in [-0.25, -0.2) is 0 Å². The second-order valence-electron chi connectivity index (χ2n) is 4.97. The van der Waals surface area contributed by atoms with Crippen LogP contribution in [-0.4, -0.2) is 64.7 Å². The number of halogens is 3. The van der Waals surface area contributed by atoms with Gasteiger partial charge in [0.05, 0.1) is 0 Å². The van der Waals surface area contributed by atoms with Gasteiger partial charge in [-0.15, -0.1) is 0 Å². The standard InChI is InChI=1S/C11H15F3N2O3/c12-11(13,14)8(17)15-4-6-16(7-5-15)10(9(18)19)2-1-3-10/h1-7H2,(H,18,19). The smallest absolute Gasteiger partial charge is 0.471 e. The van der Waals surface area contributed by atoms with Crippen LogP contribution in [0.3, 0.4) is 0 Å². The van der Waals surface area contributed by atoms with Crippen molar-refractivity contribution < 1.29 is 27.9 Å². The molecule has 1 heterocycles. The highest BCUT2D eigenvalue weighted by Gasteiger charge is 2.51. The highest BCUT2D eigenvalue weighted by Crippen LogP contribution is 2.38. The van der Waals surface area contributed by atoms with Crippen molar-refractivity contribution >= 4 is 11.9 Å². The lowest BCUT2D eigenvalue weighted by Gasteiger charge is -2.49. The molecule has 1 saturated carbocycles. The summed E-state index contributed by atoms with van der Waals surface area (Å²) in [5, 5.41) is 9.24. The topological polar surface area (TPSA) is 60.9 Å². The fourth-order valence-corrected chi connectivity index (χ4v) is 2.69. The van der Waals surface area contributed by atoms with Crippen molar-refractivity contribution in [2.75, 3.05) is 26.2 Å². The third-order valence-corrected chi connectivity index (χ3v) is 3.99. The summed E-state index contributed by atoms with van der Waals surface area (Å²) in [6.45, 7) is 0.197. The van der Waals surface area contributed by atoms with Crippen LogP contribution < -0.4 is 0 Å². The molecule has 2 fully saturated rings. The van der Waals surface area contributed by atoms with Crippen LogP contribution in [-0.2, 0) is 9.59 Å². The maximum absolute atomic E-state index is 12.3. The van der Waals surface area contributed by atoms with Crippen molar-refractivity contribution in [3.63, 3.8) is 0 Å². The maximum atomic E-state index is 12.3. The second kappa shape index (κ2) is 4.66. The van der Waals surface area contributed by atoms with E-state index in [9.17, 15) is 27.9 Å². The first-order valence-electron chi connectivity index (χ1n) is 6.12. The van der Waals surface area contributed by atoms with Gasteiger partial charge < -0.3 is 10.0 Å². The summed E-state index contributed by atoms with van der Waals surface area (Å²) >= 11 is 0. The Hall–Kier alpha value is -1.31. The number of alkyl halides is 3. The average Bonchev–Trinajstić information content (AvgIpc) is 2.25. The molecule has 5 nitrogen and oxygen atoms in total. The van der Waals surface area contributed by atoms with Crippen molar-refractivity contribution in [1.82, 2.24) is 9.80 Å². The number of amides is 1. The predicted octanol–water partition coefficient (Wildman–Crippen LogP) is 0.700. The molecule has 8 heteroatoms. The summed E-state index contributed by atoms with van der Waals surface area (Å²) < 4.78 is 36.8.